The van der Waals surface area contributed by atoms with Crippen molar-refractivity contribution < 1.29 is 9.90 Å². The van der Waals surface area contributed by atoms with Crippen LogP contribution in [0, 0.1) is 11.8 Å². The molecule has 0 aliphatic carbocycles. The third-order valence-electron chi connectivity index (χ3n) is 4.71. The number of carbonyl (C=O) groups is 1. The van der Waals surface area contributed by atoms with E-state index in [0.717, 1.165) is 19.6 Å². The van der Waals surface area contributed by atoms with Crippen LogP contribution in [0.2, 0.25) is 0 Å². The van der Waals surface area contributed by atoms with Gasteiger partial charge in [-0.25, -0.2) is 0 Å². The number of likely N-dealkylation sites (tertiary alicyclic amines) is 2. The third kappa shape index (κ3) is 3.04. The van der Waals surface area contributed by atoms with Crippen LogP contribution in [-0.2, 0) is 4.79 Å². The van der Waals surface area contributed by atoms with Gasteiger partial charge in [0.05, 0.1) is 5.92 Å². The minimum atomic E-state index is -0.617. The Labute approximate surface area is 110 Å². The van der Waals surface area contributed by atoms with E-state index in [1.54, 1.807) is 0 Å². The molecule has 0 bridgehead atoms. The van der Waals surface area contributed by atoms with E-state index in [1.165, 1.54) is 32.4 Å². The van der Waals surface area contributed by atoms with E-state index in [0.29, 0.717) is 12.0 Å². The first-order chi connectivity index (χ1) is 8.61. The summed E-state index contributed by atoms with van der Waals surface area (Å²) in [4.78, 5) is 16.1. The fraction of sp³-hybridized carbons (Fsp3) is 0.929. The number of nitrogens with zero attached hydrogens (tertiary/aromatic N) is 2. The highest BCUT2D eigenvalue weighted by atomic mass is 16.4. The van der Waals surface area contributed by atoms with Crippen LogP contribution >= 0.6 is 0 Å². The van der Waals surface area contributed by atoms with Crippen molar-refractivity contribution in [2.45, 2.75) is 39.2 Å². The van der Waals surface area contributed by atoms with Crippen molar-refractivity contribution in [1.29, 1.82) is 0 Å². The van der Waals surface area contributed by atoms with Gasteiger partial charge < -0.3 is 10.0 Å². The largest absolute Gasteiger partial charge is 0.481 e. The van der Waals surface area contributed by atoms with Gasteiger partial charge >= 0.3 is 5.97 Å². The summed E-state index contributed by atoms with van der Waals surface area (Å²) >= 11 is 0. The Morgan fingerprint density at radius 3 is 2.67 bits per heavy atom. The Hall–Kier alpha value is -0.610. The molecule has 3 unspecified atom stereocenters. The molecule has 0 radical (unpaired) electrons. The number of hydrogen-bond donors (Lipinski definition) is 1. The predicted octanol–water partition coefficient (Wildman–Crippen LogP) is 1.51. The van der Waals surface area contributed by atoms with E-state index in [4.69, 9.17) is 0 Å². The molecule has 2 fully saturated rings. The monoisotopic (exact) mass is 254 g/mol. The van der Waals surface area contributed by atoms with Crippen molar-refractivity contribution in [3.05, 3.63) is 0 Å². The van der Waals surface area contributed by atoms with Crippen LogP contribution in [0.15, 0.2) is 0 Å². The van der Waals surface area contributed by atoms with Gasteiger partial charge in [-0.05, 0) is 44.8 Å². The lowest BCUT2D eigenvalue weighted by Gasteiger charge is -2.26. The Balaban J connectivity index is 1.90. The first-order valence-corrected chi connectivity index (χ1v) is 7.31. The van der Waals surface area contributed by atoms with Crippen LogP contribution in [0.3, 0.4) is 0 Å². The Morgan fingerprint density at radius 1 is 1.28 bits per heavy atom. The first kappa shape index (κ1) is 13.8. The van der Waals surface area contributed by atoms with Gasteiger partial charge in [0.2, 0.25) is 0 Å². The van der Waals surface area contributed by atoms with Crippen molar-refractivity contribution in [3.63, 3.8) is 0 Å². The number of rotatable bonds is 3. The maximum atomic E-state index is 11.2. The Kier molecular flexibility index (Phi) is 4.62. The average molecular weight is 254 g/mol. The highest BCUT2D eigenvalue weighted by molar-refractivity contribution is 5.71. The lowest BCUT2D eigenvalue weighted by atomic mass is 9.99. The van der Waals surface area contributed by atoms with Gasteiger partial charge in [-0.3, -0.25) is 9.69 Å². The highest BCUT2D eigenvalue weighted by Gasteiger charge is 2.37. The highest BCUT2D eigenvalue weighted by Crippen LogP contribution is 2.28. The van der Waals surface area contributed by atoms with E-state index in [9.17, 15) is 9.90 Å². The summed E-state index contributed by atoms with van der Waals surface area (Å²) in [6.07, 6.45) is 3.68. The number of aliphatic carboxylic acids is 1. The van der Waals surface area contributed by atoms with Crippen LogP contribution in [0.25, 0.3) is 0 Å². The van der Waals surface area contributed by atoms with Crippen LogP contribution in [-0.4, -0.2) is 59.6 Å². The summed E-state index contributed by atoms with van der Waals surface area (Å²) in [5.74, 6) is -0.475. The first-order valence-electron chi connectivity index (χ1n) is 7.31. The standard InChI is InChI=1S/C14H26N2O2/c1-3-15-7-4-5-12(6-8-15)16-9-11(2)13(10-16)14(17)18/h11-13H,3-10H2,1-2H3,(H,17,18). The smallest absolute Gasteiger partial charge is 0.308 e. The van der Waals surface area contributed by atoms with Crippen molar-refractivity contribution in [2.24, 2.45) is 11.8 Å². The molecule has 0 aromatic heterocycles. The molecule has 2 heterocycles. The minimum Gasteiger partial charge on any atom is -0.481 e. The maximum Gasteiger partial charge on any atom is 0.308 e. The Morgan fingerprint density at radius 2 is 2.06 bits per heavy atom. The molecule has 0 spiro atoms. The summed E-state index contributed by atoms with van der Waals surface area (Å²) in [6, 6.07) is 0.605. The third-order valence-corrected chi connectivity index (χ3v) is 4.71. The van der Waals surface area contributed by atoms with Gasteiger partial charge in [0.1, 0.15) is 0 Å². The maximum absolute atomic E-state index is 11.2. The molecule has 2 aliphatic rings. The normalized spacial score (nSPS) is 35.6. The number of carboxylic acid groups (broad SMARTS) is 1. The predicted molar refractivity (Wildman–Crippen MR) is 71.6 cm³/mol. The summed E-state index contributed by atoms with van der Waals surface area (Å²) in [5.41, 5.74) is 0. The van der Waals surface area contributed by atoms with E-state index >= 15 is 0 Å². The molecule has 2 saturated heterocycles. The van der Waals surface area contributed by atoms with Gasteiger partial charge in [0, 0.05) is 19.1 Å². The molecule has 2 aliphatic heterocycles. The van der Waals surface area contributed by atoms with Gasteiger partial charge in [-0.15, -0.1) is 0 Å². The fourth-order valence-electron chi connectivity index (χ4n) is 3.44. The molecule has 3 atom stereocenters. The molecule has 1 N–H and O–H groups in total. The summed E-state index contributed by atoms with van der Waals surface area (Å²) in [7, 11) is 0. The van der Waals surface area contributed by atoms with Gasteiger partial charge in [-0.2, -0.15) is 0 Å². The topological polar surface area (TPSA) is 43.8 Å². The zero-order chi connectivity index (χ0) is 13.1. The molecule has 0 aromatic rings. The molecule has 2 rings (SSSR count). The van der Waals surface area contributed by atoms with Crippen molar-refractivity contribution >= 4 is 5.97 Å². The number of hydrogen-bond acceptors (Lipinski definition) is 3. The number of carboxylic acids is 1. The molecule has 0 amide bonds. The second-order valence-corrected chi connectivity index (χ2v) is 5.89. The minimum absolute atomic E-state index is 0.157. The van der Waals surface area contributed by atoms with Crippen molar-refractivity contribution in [1.82, 2.24) is 9.80 Å². The van der Waals surface area contributed by atoms with Gasteiger partial charge in [0.15, 0.2) is 0 Å². The molecule has 104 valence electrons. The summed E-state index contributed by atoms with van der Waals surface area (Å²) in [5, 5.41) is 9.20. The second kappa shape index (κ2) is 6.02. The molecule has 4 heteroatoms. The quantitative estimate of drug-likeness (QED) is 0.829. The lowest BCUT2D eigenvalue weighted by molar-refractivity contribution is -0.142. The van der Waals surface area contributed by atoms with E-state index < -0.39 is 5.97 Å². The summed E-state index contributed by atoms with van der Waals surface area (Å²) < 4.78 is 0. The van der Waals surface area contributed by atoms with E-state index in [-0.39, 0.29) is 5.92 Å². The summed E-state index contributed by atoms with van der Waals surface area (Å²) in [6.45, 7) is 9.54. The zero-order valence-corrected chi connectivity index (χ0v) is 11.6. The van der Waals surface area contributed by atoms with Crippen LogP contribution in [0.4, 0.5) is 0 Å². The molecule has 4 nitrogen and oxygen atoms in total. The van der Waals surface area contributed by atoms with Crippen LogP contribution in [0.5, 0.6) is 0 Å². The van der Waals surface area contributed by atoms with Crippen molar-refractivity contribution in [3.8, 4) is 0 Å². The van der Waals surface area contributed by atoms with Gasteiger partial charge in [0.25, 0.3) is 0 Å². The zero-order valence-electron chi connectivity index (χ0n) is 11.6. The molecule has 18 heavy (non-hydrogen) atoms. The van der Waals surface area contributed by atoms with Crippen LogP contribution < -0.4 is 0 Å². The van der Waals surface area contributed by atoms with E-state index in [2.05, 4.69) is 23.6 Å². The molecular weight excluding hydrogens is 228 g/mol. The second-order valence-electron chi connectivity index (χ2n) is 5.89. The SMILES string of the molecule is CCN1CCCC(N2CC(C)C(C(=O)O)C2)CC1. The molecule has 0 aromatic carbocycles. The Bertz CT molecular complexity index is 296. The average Bonchev–Trinajstić information content (AvgIpc) is 2.60. The van der Waals surface area contributed by atoms with Gasteiger partial charge in [-0.1, -0.05) is 13.8 Å². The van der Waals surface area contributed by atoms with E-state index in [1.807, 2.05) is 0 Å². The van der Waals surface area contributed by atoms with Crippen LogP contribution in [0.1, 0.15) is 33.1 Å². The lowest BCUT2D eigenvalue weighted by Crippen LogP contribution is -2.35. The molecular formula is C14H26N2O2. The molecule has 0 saturated carbocycles. The van der Waals surface area contributed by atoms with Crippen molar-refractivity contribution in [2.75, 3.05) is 32.7 Å². The fourth-order valence-corrected chi connectivity index (χ4v) is 3.44.